The van der Waals surface area contributed by atoms with Gasteiger partial charge in [-0.15, -0.1) is 0 Å². The highest BCUT2D eigenvalue weighted by atomic mass is 16.1. The normalized spacial score (nSPS) is 30.5. The highest BCUT2D eigenvalue weighted by Crippen LogP contribution is 2.44. The molecule has 2 fully saturated rings. The predicted molar refractivity (Wildman–Crippen MR) is 67.9 cm³/mol. The zero-order valence-corrected chi connectivity index (χ0v) is 10.3. The minimum absolute atomic E-state index is 0.112. The van der Waals surface area contributed by atoms with Crippen LogP contribution in [0.1, 0.15) is 41.6 Å². The Hall–Kier alpha value is -1.31. The van der Waals surface area contributed by atoms with Crippen molar-refractivity contribution in [2.75, 3.05) is 0 Å². The molecule has 2 heteroatoms. The van der Waals surface area contributed by atoms with Gasteiger partial charge in [-0.25, -0.2) is 0 Å². The topological polar surface area (TPSA) is 29.1 Å². The Bertz CT molecular complexity index is 440. The molecule has 2 nitrogen and oxygen atoms in total. The van der Waals surface area contributed by atoms with Crippen LogP contribution in [0.25, 0.3) is 0 Å². The van der Waals surface area contributed by atoms with E-state index in [4.69, 9.17) is 0 Å². The molecule has 0 saturated heterocycles. The van der Waals surface area contributed by atoms with Crippen molar-refractivity contribution in [3.05, 3.63) is 35.4 Å². The van der Waals surface area contributed by atoms with Gasteiger partial charge in [0, 0.05) is 11.6 Å². The summed E-state index contributed by atoms with van der Waals surface area (Å²) >= 11 is 0. The van der Waals surface area contributed by atoms with Crippen LogP contribution in [0.5, 0.6) is 0 Å². The summed E-state index contributed by atoms with van der Waals surface area (Å²) in [6.45, 7) is 2.00. The van der Waals surface area contributed by atoms with Crippen molar-refractivity contribution < 1.29 is 4.79 Å². The summed E-state index contributed by atoms with van der Waals surface area (Å²) in [5.41, 5.74) is 1.89. The quantitative estimate of drug-likeness (QED) is 0.830. The maximum absolute atomic E-state index is 12.2. The molecule has 2 aliphatic carbocycles. The van der Waals surface area contributed by atoms with Gasteiger partial charge in [0.2, 0.25) is 0 Å². The summed E-state index contributed by atoms with van der Waals surface area (Å²) in [7, 11) is 0. The van der Waals surface area contributed by atoms with Gasteiger partial charge in [0.1, 0.15) is 0 Å². The van der Waals surface area contributed by atoms with E-state index in [1.165, 1.54) is 25.7 Å². The van der Waals surface area contributed by atoms with Gasteiger partial charge in [-0.05, 0) is 49.7 Å². The Morgan fingerprint density at radius 1 is 1.24 bits per heavy atom. The molecule has 0 spiro atoms. The van der Waals surface area contributed by atoms with Crippen molar-refractivity contribution in [1.29, 1.82) is 0 Å². The average Bonchev–Trinajstić information content (AvgIpc) is 2.91. The number of hydrogen-bond acceptors (Lipinski definition) is 1. The third-order valence-corrected chi connectivity index (χ3v) is 4.44. The average molecular weight is 229 g/mol. The first-order valence-electron chi connectivity index (χ1n) is 6.60. The number of fused-ring (bicyclic) bond motifs is 2. The van der Waals surface area contributed by atoms with Gasteiger partial charge < -0.3 is 5.32 Å². The van der Waals surface area contributed by atoms with Crippen LogP contribution in [-0.2, 0) is 0 Å². The first kappa shape index (κ1) is 10.8. The Labute approximate surface area is 102 Å². The number of rotatable bonds is 2. The lowest BCUT2D eigenvalue weighted by Gasteiger charge is -2.23. The van der Waals surface area contributed by atoms with Gasteiger partial charge in [0.25, 0.3) is 5.91 Å². The van der Waals surface area contributed by atoms with Gasteiger partial charge in [-0.3, -0.25) is 4.79 Å². The summed E-state index contributed by atoms with van der Waals surface area (Å²) in [5, 5.41) is 3.23. The highest BCUT2D eigenvalue weighted by molar-refractivity contribution is 5.95. The number of carbonyl (C=O) groups excluding carboxylic acids is 1. The van der Waals surface area contributed by atoms with E-state index in [2.05, 4.69) is 5.32 Å². The van der Waals surface area contributed by atoms with Crippen LogP contribution >= 0.6 is 0 Å². The molecule has 2 aliphatic rings. The molecule has 17 heavy (non-hydrogen) atoms. The van der Waals surface area contributed by atoms with Crippen LogP contribution in [0.4, 0.5) is 0 Å². The lowest BCUT2D eigenvalue weighted by molar-refractivity contribution is 0.0922. The van der Waals surface area contributed by atoms with Crippen molar-refractivity contribution in [1.82, 2.24) is 5.32 Å². The minimum atomic E-state index is 0.112. The number of nitrogens with one attached hydrogen (secondary N) is 1. The number of hydrogen-bond donors (Lipinski definition) is 1. The zero-order valence-electron chi connectivity index (χ0n) is 10.3. The maximum atomic E-state index is 12.2. The zero-order chi connectivity index (χ0) is 11.8. The fraction of sp³-hybridized carbons (Fsp3) is 0.533. The van der Waals surface area contributed by atoms with Gasteiger partial charge in [0.05, 0.1) is 0 Å². The number of amides is 1. The van der Waals surface area contributed by atoms with E-state index < -0.39 is 0 Å². The molecule has 3 rings (SSSR count). The first-order chi connectivity index (χ1) is 8.24. The molecule has 0 aromatic heterocycles. The third kappa shape index (κ3) is 1.97. The molecule has 0 radical (unpaired) electrons. The molecular formula is C15H19NO. The molecule has 2 saturated carbocycles. The number of benzene rings is 1. The SMILES string of the molecule is Cc1ccccc1C(=O)N[C@H]1C[C@H]2CC[C@H]1C2. The largest absolute Gasteiger partial charge is 0.349 e. The summed E-state index contributed by atoms with van der Waals surface area (Å²) in [5.74, 6) is 1.73. The molecule has 3 atom stereocenters. The van der Waals surface area contributed by atoms with E-state index in [0.717, 1.165) is 23.0 Å². The van der Waals surface area contributed by atoms with Crippen molar-refractivity contribution in [2.24, 2.45) is 11.8 Å². The second-order valence-electron chi connectivity index (χ2n) is 5.57. The second kappa shape index (κ2) is 4.17. The van der Waals surface area contributed by atoms with Crippen molar-refractivity contribution in [3.8, 4) is 0 Å². The standard InChI is InChI=1S/C15H19NO/c1-10-4-2-3-5-13(10)15(17)16-14-9-11-6-7-12(14)8-11/h2-5,11-12,14H,6-9H2,1H3,(H,16,17)/t11-,12-,14-/m0/s1. The van der Waals surface area contributed by atoms with Crippen molar-refractivity contribution >= 4 is 5.91 Å². The Kier molecular flexibility index (Phi) is 2.65. The van der Waals surface area contributed by atoms with Gasteiger partial charge in [0.15, 0.2) is 0 Å². The van der Waals surface area contributed by atoms with Gasteiger partial charge >= 0.3 is 0 Å². The number of carbonyl (C=O) groups is 1. The lowest BCUT2D eigenvalue weighted by Crippen LogP contribution is -2.38. The second-order valence-corrected chi connectivity index (χ2v) is 5.57. The van der Waals surface area contributed by atoms with Gasteiger partial charge in [-0.2, -0.15) is 0 Å². The Morgan fingerprint density at radius 2 is 2.06 bits per heavy atom. The summed E-state index contributed by atoms with van der Waals surface area (Å²) < 4.78 is 0. The molecule has 0 unspecified atom stereocenters. The molecule has 0 aliphatic heterocycles. The molecule has 0 heterocycles. The Balaban J connectivity index is 1.70. The van der Waals surface area contributed by atoms with E-state index >= 15 is 0 Å². The van der Waals surface area contributed by atoms with Crippen LogP contribution in [-0.4, -0.2) is 11.9 Å². The number of aryl methyl sites for hydroxylation is 1. The van der Waals surface area contributed by atoms with Crippen molar-refractivity contribution in [2.45, 2.75) is 38.6 Å². The fourth-order valence-electron chi connectivity index (χ4n) is 3.50. The molecule has 1 aromatic rings. The molecule has 2 bridgehead atoms. The van der Waals surface area contributed by atoms with E-state index in [0.29, 0.717) is 6.04 Å². The summed E-state index contributed by atoms with van der Waals surface area (Å²) in [6.07, 6.45) is 5.21. The predicted octanol–water partition coefficient (Wildman–Crippen LogP) is 2.91. The van der Waals surface area contributed by atoms with Crippen molar-refractivity contribution in [3.63, 3.8) is 0 Å². The van der Waals surface area contributed by atoms with Crippen LogP contribution in [0.3, 0.4) is 0 Å². The van der Waals surface area contributed by atoms with E-state index in [9.17, 15) is 4.79 Å². The molecule has 90 valence electrons. The van der Waals surface area contributed by atoms with Crippen LogP contribution in [0.2, 0.25) is 0 Å². The van der Waals surface area contributed by atoms with Crippen LogP contribution in [0.15, 0.2) is 24.3 Å². The smallest absolute Gasteiger partial charge is 0.251 e. The highest BCUT2D eigenvalue weighted by Gasteiger charge is 2.40. The molecule has 1 aromatic carbocycles. The third-order valence-electron chi connectivity index (χ3n) is 4.44. The van der Waals surface area contributed by atoms with Crippen LogP contribution < -0.4 is 5.32 Å². The molecule has 1 N–H and O–H groups in total. The summed E-state index contributed by atoms with van der Waals surface area (Å²) in [6, 6.07) is 8.25. The molecular weight excluding hydrogens is 210 g/mol. The fourth-order valence-corrected chi connectivity index (χ4v) is 3.50. The van der Waals surface area contributed by atoms with E-state index in [-0.39, 0.29) is 5.91 Å². The van der Waals surface area contributed by atoms with Gasteiger partial charge in [-0.1, -0.05) is 24.6 Å². The maximum Gasteiger partial charge on any atom is 0.251 e. The van der Waals surface area contributed by atoms with E-state index in [1.54, 1.807) is 0 Å². The minimum Gasteiger partial charge on any atom is -0.349 e. The first-order valence-corrected chi connectivity index (χ1v) is 6.60. The molecule has 1 amide bonds. The van der Waals surface area contributed by atoms with Crippen LogP contribution in [0, 0.1) is 18.8 Å². The summed E-state index contributed by atoms with van der Waals surface area (Å²) in [4.78, 5) is 12.2. The Morgan fingerprint density at radius 3 is 2.71 bits per heavy atom. The lowest BCUT2D eigenvalue weighted by atomic mass is 9.95. The monoisotopic (exact) mass is 229 g/mol. The van der Waals surface area contributed by atoms with E-state index in [1.807, 2.05) is 31.2 Å².